The smallest absolute Gasteiger partial charge is 0.336 e. The maximum absolute atomic E-state index is 13.1. The first kappa shape index (κ1) is 17.1. The van der Waals surface area contributed by atoms with E-state index in [0.717, 1.165) is 16.6 Å². The molecule has 1 aliphatic rings. The van der Waals surface area contributed by atoms with Gasteiger partial charge in [0, 0.05) is 23.3 Å². The largest absolute Gasteiger partial charge is 0.479 e. The van der Waals surface area contributed by atoms with Crippen LogP contribution in [0.3, 0.4) is 0 Å². The lowest BCUT2D eigenvalue weighted by Crippen LogP contribution is -2.42. The molecule has 0 atom stereocenters. The summed E-state index contributed by atoms with van der Waals surface area (Å²) in [6.45, 7) is 5.46. The Hall–Kier alpha value is -3.34. The SMILES string of the molecule is Cc1ccc(N/C=C2/C(=O)C(C)(C)Oc3ccc4ccc(=O)oc4c32)cc1. The van der Waals surface area contributed by atoms with Crippen molar-refractivity contribution in [3.05, 3.63) is 76.3 Å². The predicted octanol–water partition coefficient (Wildman–Crippen LogP) is 4.29. The topological polar surface area (TPSA) is 68.5 Å². The molecular weight excluding hydrogens is 342 g/mol. The zero-order valence-corrected chi connectivity index (χ0v) is 15.3. The average molecular weight is 361 g/mol. The monoisotopic (exact) mass is 361 g/mol. The number of rotatable bonds is 2. The lowest BCUT2D eigenvalue weighted by atomic mass is 9.87. The van der Waals surface area contributed by atoms with Crippen LogP contribution in [0, 0.1) is 6.92 Å². The third kappa shape index (κ3) is 3.01. The Labute approximate surface area is 156 Å². The quantitative estimate of drug-likeness (QED) is 0.545. The van der Waals surface area contributed by atoms with Gasteiger partial charge >= 0.3 is 5.63 Å². The fourth-order valence-electron chi connectivity index (χ4n) is 3.16. The number of anilines is 1. The zero-order valence-electron chi connectivity index (χ0n) is 15.3. The lowest BCUT2D eigenvalue weighted by molar-refractivity contribution is -0.126. The highest BCUT2D eigenvalue weighted by Crippen LogP contribution is 2.41. The van der Waals surface area contributed by atoms with Gasteiger partial charge in [-0.3, -0.25) is 4.79 Å². The summed E-state index contributed by atoms with van der Waals surface area (Å²) < 4.78 is 11.3. The molecule has 136 valence electrons. The average Bonchev–Trinajstić information content (AvgIpc) is 2.63. The number of benzene rings is 2. The van der Waals surface area contributed by atoms with Crippen LogP contribution in [0.15, 0.2) is 63.9 Å². The van der Waals surface area contributed by atoms with Crippen LogP contribution in [0.5, 0.6) is 5.75 Å². The first-order valence-corrected chi connectivity index (χ1v) is 8.69. The van der Waals surface area contributed by atoms with E-state index in [2.05, 4.69) is 5.32 Å². The van der Waals surface area contributed by atoms with Crippen molar-refractivity contribution < 1.29 is 13.9 Å². The number of carbonyl (C=O) groups excluding carboxylic acids is 1. The molecule has 0 fully saturated rings. The molecular formula is C22H19NO4. The molecule has 0 unspecified atom stereocenters. The molecule has 5 nitrogen and oxygen atoms in total. The molecule has 2 aromatic carbocycles. The highest BCUT2D eigenvalue weighted by atomic mass is 16.5. The number of ketones is 1. The molecule has 2 heterocycles. The van der Waals surface area contributed by atoms with E-state index in [0.29, 0.717) is 22.5 Å². The minimum atomic E-state index is -1.02. The molecule has 0 radical (unpaired) electrons. The molecule has 0 spiro atoms. The third-order valence-electron chi connectivity index (χ3n) is 4.61. The standard InChI is InChI=1S/C22H19NO4/c1-13-4-8-15(9-5-13)23-12-16-19-17(27-22(2,3)21(16)25)10-6-14-7-11-18(24)26-20(14)19/h4-12,23H,1-3H3/b16-12+. The van der Waals surface area contributed by atoms with E-state index in [4.69, 9.17) is 9.15 Å². The number of ether oxygens (including phenoxy) is 1. The Kier molecular flexibility index (Phi) is 3.88. The number of hydrogen-bond acceptors (Lipinski definition) is 5. The molecule has 0 amide bonds. The third-order valence-corrected chi connectivity index (χ3v) is 4.61. The van der Waals surface area contributed by atoms with Crippen LogP contribution in [0.4, 0.5) is 5.69 Å². The second kappa shape index (κ2) is 6.13. The van der Waals surface area contributed by atoms with Gasteiger partial charge in [-0.15, -0.1) is 0 Å². The van der Waals surface area contributed by atoms with Gasteiger partial charge in [-0.05, 0) is 51.1 Å². The van der Waals surface area contributed by atoms with Crippen molar-refractivity contribution in [3.63, 3.8) is 0 Å². The molecule has 0 saturated carbocycles. The van der Waals surface area contributed by atoms with Gasteiger partial charge in [-0.25, -0.2) is 4.79 Å². The van der Waals surface area contributed by atoms with Gasteiger partial charge < -0.3 is 14.5 Å². The first-order valence-electron chi connectivity index (χ1n) is 8.69. The van der Waals surface area contributed by atoms with Crippen LogP contribution in [0.25, 0.3) is 16.5 Å². The Morgan fingerprint density at radius 2 is 1.67 bits per heavy atom. The van der Waals surface area contributed by atoms with Crippen LogP contribution in [-0.2, 0) is 4.79 Å². The minimum absolute atomic E-state index is 0.186. The van der Waals surface area contributed by atoms with Crippen molar-refractivity contribution in [3.8, 4) is 5.75 Å². The Bertz CT molecular complexity index is 1140. The van der Waals surface area contributed by atoms with Crippen LogP contribution in [-0.4, -0.2) is 11.4 Å². The van der Waals surface area contributed by atoms with Crippen LogP contribution >= 0.6 is 0 Å². The van der Waals surface area contributed by atoms with Gasteiger partial charge in [-0.1, -0.05) is 17.7 Å². The second-order valence-corrected chi connectivity index (χ2v) is 7.12. The summed E-state index contributed by atoms with van der Waals surface area (Å²) in [5.41, 5.74) is 1.77. The molecule has 1 aromatic heterocycles. The van der Waals surface area contributed by atoms with Crippen molar-refractivity contribution in [1.29, 1.82) is 0 Å². The predicted molar refractivity (Wildman–Crippen MR) is 105 cm³/mol. The Morgan fingerprint density at radius 3 is 2.41 bits per heavy atom. The molecule has 4 rings (SSSR count). The van der Waals surface area contributed by atoms with Crippen LogP contribution < -0.4 is 15.7 Å². The summed E-state index contributed by atoms with van der Waals surface area (Å²) in [7, 11) is 0. The maximum Gasteiger partial charge on any atom is 0.336 e. The van der Waals surface area contributed by atoms with Gasteiger partial charge in [0.25, 0.3) is 0 Å². The number of hydrogen-bond donors (Lipinski definition) is 1. The van der Waals surface area contributed by atoms with E-state index in [1.165, 1.54) is 6.07 Å². The zero-order chi connectivity index (χ0) is 19.2. The molecule has 0 saturated heterocycles. The summed E-state index contributed by atoms with van der Waals surface area (Å²) in [4.78, 5) is 24.8. The second-order valence-electron chi connectivity index (χ2n) is 7.12. The van der Waals surface area contributed by atoms with Crippen LogP contribution in [0.2, 0.25) is 0 Å². The summed E-state index contributed by atoms with van der Waals surface area (Å²) >= 11 is 0. The van der Waals surface area contributed by atoms with Crippen molar-refractivity contribution in [2.75, 3.05) is 5.32 Å². The van der Waals surface area contributed by atoms with E-state index in [1.807, 2.05) is 37.3 Å². The van der Waals surface area contributed by atoms with Gasteiger partial charge in [0.2, 0.25) is 5.78 Å². The van der Waals surface area contributed by atoms with Gasteiger partial charge in [0.1, 0.15) is 11.3 Å². The van der Waals surface area contributed by atoms with Gasteiger partial charge in [-0.2, -0.15) is 0 Å². The summed E-state index contributed by atoms with van der Waals surface area (Å²) in [5.74, 6) is 0.326. The number of fused-ring (bicyclic) bond motifs is 3. The van der Waals surface area contributed by atoms with Crippen LogP contribution in [0.1, 0.15) is 25.0 Å². The van der Waals surface area contributed by atoms with Crippen molar-refractivity contribution in [1.82, 2.24) is 0 Å². The molecule has 1 aliphatic heterocycles. The Morgan fingerprint density at radius 1 is 0.963 bits per heavy atom. The lowest BCUT2D eigenvalue weighted by Gasteiger charge is -2.32. The summed E-state index contributed by atoms with van der Waals surface area (Å²) in [6, 6.07) is 14.5. The fourth-order valence-corrected chi connectivity index (χ4v) is 3.16. The van der Waals surface area contributed by atoms with E-state index >= 15 is 0 Å². The number of nitrogens with one attached hydrogen (secondary N) is 1. The molecule has 1 N–H and O–H groups in total. The van der Waals surface area contributed by atoms with E-state index in [-0.39, 0.29) is 5.78 Å². The molecule has 0 bridgehead atoms. The molecule has 27 heavy (non-hydrogen) atoms. The number of Topliss-reactive ketones (excluding diaryl/α,β-unsaturated/α-hetero) is 1. The van der Waals surface area contributed by atoms with Gasteiger partial charge in [0.15, 0.2) is 5.60 Å². The number of carbonyl (C=O) groups is 1. The van der Waals surface area contributed by atoms with Crippen molar-refractivity contribution in [2.24, 2.45) is 0 Å². The van der Waals surface area contributed by atoms with E-state index in [1.54, 1.807) is 32.2 Å². The normalized spacial score (nSPS) is 16.9. The maximum atomic E-state index is 13.1. The molecule has 3 aromatic rings. The van der Waals surface area contributed by atoms with Crippen molar-refractivity contribution >= 4 is 28.0 Å². The summed E-state index contributed by atoms with van der Waals surface area (Å²) in [5, 5.41) is 3.90. The molecule has 0 aliphatic carbocycles. The minimum Gasteiger partial charge on any atom is -0.479 e. The van der Waals surface area contributed by atoms with Crippen molar-refractivity contribution in [2.45, 2.75) is 26.4 Å². The number of aryl methyl sites for hydroxylation is 1. The fraction of sp³-hybridized carbons (Fsp3) is 0.182. The van der Waals surface area contributed by atoms with E-state index < -0.39 is 11.2 Å². The summed E-state index contributed by atoms with van der Waals surface area (Å²) in [6.07, 6.45) is 1.66. The van der Waals surface area contributed by atoms with E-state index in [9.17, 15) is 9.59 Å². The molecule has 5 heteroatoms. The first-order chi connectivity index (χ1) is 12.8. The van der Waals surface area contributed by atoms with Gasteiger partial charge in [0.05, 0.1) is 11.1 Å². The highest BCUT2D eigenvalue weighted by Gasteiger charge is 2.40. The highest BCUT2D eigenvalue weighted by molar-refractivity contribution is 6.28. The Balaban J connectivity index is 1.91.